The van der Waals surface area contributed by atoms with Crippen LogP contribution in [0.5, 0.6) is 0 Å². The molecule has 2 aromatic carbocycles. The first kappa shape index (κ1) is 23.9. The van der Waals surface area contributed by atoms with E-state index in [0.29, 0.717) is 31.6 Å². The zero-order chi connectivity index (χ0) is 23.1. The number of benzene rings is 2. The third-order valence-corrected chi connectivity index (χ3v) is 7.49. The molecule has 1 N–H and O–H groups in total. The van der Waals surface area contributed by atoms with Crippen molar-refractivity contribution in [1.29, 1.82) is 0 Å². The fourth-order valence-electron chi connectivity index (χ4n) is 3.63. The quantitative estimate of drug-likeness (QED) is 0.614. The molecular formula is C24H30N2O5S. The number of hydrogen-bond acceptors (Lipinski definition) is 5. The number of sulfonamides is 1. The Morgan fingerprint density at radius 1 is 1.06 bits per heavy atom. The van der Waals surface area contributed by atoms with E-state index in [-0.39, 0.29) is 10.5 Å². The molecule has 1 aliphatic heterocycles. The van der Waals surface area contributed by atoms with Crippen LogP contribution in [0.1, 0.15) is 47.7 Å². The summed E-state index contributed by atoms with van der Waals surface area (Å²) in [4.78, 5) is 25.1. The Balaban J connectivity index is 1.62. The summed E-state index contributed by atoms with van der Waals surface area (Å²) in [6, 6.07) is 14.2. The number of nitrogens with one attached hydrogen (secondary N) is 1. The summed E-state index contributed by atoms with van der Waals surface area (Å²) in [6.45, 7) is 4.59. The van der Waals surface area contributed by atoms with E-state index in [4.69, 9.17) is 4.74 Å². The van der Waals surface area contributed by atoms with E-state index in [9.17, 15) is 18.0 Å². The highest BCUT2D eigenvalue weighted by Gasteiger charge is 2.28. The topological polar surface area (TPSA) is 92.8 Å². The maximum absolute atomic E-state index is 12.9. The van der Waals surface area contributed by atoms with Crippen molar-refractivity contribution in [3.8, 4) is 0 Å². The molecule has 1 atom stereocenters. The fourth-order valence-corrected chi connectivity index (χ4v) is 5.18. The van der Waals surface area contributed by atoms with E-state index in [1.807, 2.05) is 30.3 Å². The molecule has 8 heteroatoms. The summed E-state index contributed by atoms with van der Waals surface area (Å²) in [5, 5.41) is 2.76. The number of hydrogen-bond donors (Lipinski definition) is 1. The van der Waals surface area contributed by atoms with Gasteiger partial charge in [0.15, 0.2) is 6.10 Å². The number of esters is 1. The van der Waals surface area contributed by atoms with Crippen LogP contribution in [0.4, 0.5) is 0 Å². The second-order valence-corrected chi connectivity index (χ2v) is 9.95. The summed E-state index contributed by atoms with van der Waals surface area (Å²) in [7, 11) is -3.67. The number of piperidine rings is 1. The van der Waals surface area contributed by atoms with Crippen LogP contribution in [0.25, 0.3) is 0 Å². The van der Waals surface area contributed by atoms with E-state index in [1.54, 1.807) is 13.0 Å². The third kappa shape index (κ3) is 5.95. The average Bonchev–Trinajstić information content (AvgIpc) is 2.80. The van der Waals surface area contributed by atoms with Crippen molar-refractivity contribution in [2.24, 2.45) is 0 Å². The summed E-state index contributed by atoms with van der Waals surface area (Å²) >= 11 is 0. The molecule has 1 aliphatic rings. The molecule has 1 amide bonds. The molecule has 0 aromatic heterocycles. The number of nitrogens with zero attached hydrogens (tertiary/aromatic N) is 1. The van der Waals surface area contributed by atoms with Crippen LogP contribution < -0.4 is 5.32 Å². The Hall–Kier alpha value is -2.71. The van der Waals surface area contributed by atoms with Crippen LogP contribution >= 0.6 is 0 Å². The van der Waals surface area contributed by atoms with Crippen LogP contribution in [-0.4, -0.2) is 50.3 Å². The lowest BCUT2D eigenvalue weighted by Crippen LogP contribution is -2.37. The van der Waals surface area contributed by atoms with Gasteiger partial charge in [-0.25, -0.2) is 13.2 Å². The lowest BCUT2D eigenvalue weighted by Gasteiger charge is -2.26. The Bertz CT molecular complexity index is 1050. The zero-order valence-electron chi connectivity index (χ0n) is 18.5. The number of carbonyl (C=O) groups excluding carboxylic acids is 2. The van der Waals surface area contributed by atoms with Crippen LogP contribution in [0, 0.1) is 6.92 Å². The third-order valence-electron chi connectivity index (χ3n) is 5.59. The first-order valence-corrected chi connectivity index (χ1v) is 12.4. The fraction of sp³-hybridized carbons (Fsp3) is 0.417. The minimum absolute atomic E-state index is 0.0666. The maximum Gasteiger partial charge on any atom is 0.339 e. The zero-order valence-corrected chi connectivity index (χ0v) is 19.4. The van der Waals surface area contributed by atoms with Gasteiger partial charge in [0.25, 0.3) is 5.91 Å². The van der Waals surface area contributed by atoms with Crippen molar-refractivity contribution in [2.45, 2.75) is 50.5 Å². The predicted octanol–water partition coefficient (Wildman–Crippen LogP) is 3.07. The standard InChI is InChI=1S/C24H30N2O5S/c1-18-11-12-21(32(29,30)26-15-7-4-8-16-26)17-22(18)24(28)31-19(2)23(27)25-14-13-20-9-5-3-6-10-20/h3,5-6,9-12,17,19H,4,7-8,13-16H2,1-2H3,(H,25,27). The molecule has 1 fully saturated rings. The summed E-state index contributed by atoms with van der Waals surface area (Å²) in [5.41, 5.74) is 1.83. The molecule has 1 heterocycles. The van der Waals surface area contributed by atoms with Gasteiger partial charge in [-0.3, -0.25) is 4.79 Å². The predicted molar refractivity (Wildman–Crippen MR) is 122 cm³/mol. The van der Waals surface area contributed by atoms with Crippen molar-refractivity contribution in [1.82, 2.24) is 9.62 Å². The van der Waals surface area contributed by atoms with Crippen molar-refractivity contribution in [2.75, 3.05) is 19.6 Å². The minimum atomic E-state index is -3.67. The van der Waals surface area contributed by atoms with E-state index in [1.165, 1.54) is 23.4 Å². The number of rotatable bonds is 8. The van der Waals surface area contributed by atoms with Crippen LogP contribution in [0.3, 0.4) is 0 Å². The van der Waals surface area contributed by atoms with E-state index in [0.717, 1.165) is 24.8 Å². The SMILES string of the molecule is Cc1ccc(S(=O)(=O)N2CCCCC2)cc1C(=O)OC(C)C(=O)NCCc1ccccc1. The Morgan fingerprint density at radius 3 is 2.44 bits per heavy atom. The van der Waals surface area contributed by atoms with Crippen LogP contribution in [0.15, 0.2) is 53.4 Å². The van der Waals surface area contributed by atoms with Crippen molar-refractivity contribution >= 4 is 21.9 Å². The molecule has 172 valence electrons. The smallest absolute Gasteiger partial charge is 0.339 e. The molecule has 1 saturated heterocycles. The maximum atomic E-state index is 12.9. The van der Waals surface area contributed by atoms with Crippen molar-refractivity contribution in [3.05, 3.63) is 65.2 Å². The van der Waals surface area contributed by atoms with Gasteiger partial charge in [-0.1, -0.05) is 42.8 Å². The van der Waals surface area contributed by atoms with Crippen LogP contribution in [-0.2, 0) is 26.0 Å². The first-order chi connectivity index (χ1) is 15.3. The molecular weight excluding hydrogens is 428 g/mol. The van der Waals surface area contributed by atoms with E-state index < -0.39 is 28.0 Å². The van der Waals surface area contributed by atoms with E-state index in [2.05, 4.69) is 5.32 Å². The van der Waals surface area contributed by atoms with Gasteiger partial charge in [0.2, 0.25) is 10.0 Å². The Kier molecular flexibility index (Phi) is 8.04. The van der Waals surface area contributed by atoms with Crippen molar-refractivity contribution < 1.29 is 22.7 Å². The molecule has 0 saturated carbocycles. The minimum Gasteiger partial charge on any atom is -0.449 e. The number of aryl methyl sites for hydroxylation is 1. The van der Waals surface area contributed by atoms with Gasteiger partial charge in [0.1, 0.15) is 0 Å². The van der Waals surface area contributed by atoms with Gasteiger partial charge in [0, 0.05) is 19.6 Å². The Labute approximate surface area is 189 Å². The molecule has 0 aliphatic carbocycles. The average molecular weight is 459 g/mol. The molecule has 7 nitrogen and oxygen atoms in total. The first-order valence-electron chi connectivity index (χ1n) is 10.9. The second-order valence-electron chi connectivity index (χ2n) is 8.02. The lowest BCUT2D eigenvalue weighted by molar-refractivity contribution is -0.129. The number of ether oxygens (including phenoxy) is 1. The molecule has 0 radical (unpaired) electrons. The lowest BCUT2D eigenvalue weighted by atomic mass is 10.1. The van der Waals surface area contributed by atoms with Crippen LogP contribution in [0.2, 0.25) is 0 Å². The Morgan fingerprint density at radius 2 is 1.75 bits per heavy atom. The second kappa shape index (κ2) is 10.7. The van der Waals surface area contributed by atoms with Gasteiger partial charge in [-0.05, 0) is 56.4 Å². The largest absolute Gasteiger partial charge is 0.449 e. The number of amides is 1. The molecule has 3 rings (SSSR count). The van der Waals surface area contributed by atoms with Gasteiger partial charge < -0.3 is 10.1 Å². The number of carbonyl (C=O) groups is 2. The highest BCUT2D eigenvalue weighted by atomic mass is 32.2. The van der Waals surface area contributed by atoms with Gasteiger partial charge >= 0.3 is 5.97 Å². The monoisotopic (exact) mass is 458 g/mol. The summed E-state index contributed by atoms with van der Waals surface area (Å²) in [5.74, 6) is -1.12. The van der Waals surface area contributed by atoms with Crippen molar-refractivity contribution in [3.63, 3.8) is 0 Å². The highest BCUT2D eigenvalue weighted by molar-refractivity contribution is 7.89. The molecule has 2 aromatic rings. The molecule has 0 spiro atoms. The van der Waals surface area contributed by atoms with Gasteiger partial charge in [-0.15, -0.1) is 0 Å². The summed E-state index contributed by atoms with van der Waals surface area (Å²) < 4.78 is 32.7. The molecule has 1 unspecified atom stereocenters. The summed E-state index contributed by atoms with van der Waals surface area (Å²) in [6.07, 6.45) is 2.35. The molecule has 0 bridgehead atoms. The normalized spacial score (nSPS) is 15.7. The molecule has 32 heavy (non-hydrogen) atoms. The highest BCUT2D eigenvalue weighted by Crippen LogP contribution is 2.23. The van der Waals surface area contributed by atoms with Gasteiger partial charge in [-0.2, -0.15) is 4.31 Å². The van der Waals surface area contributed by atoms with E-state index >= 15 is 0 Å². The van der Waals surface area contributed by atoms with Gasteiger partial charge in [0.05, 0.1) is 10.5 Å².